The molecule has 1 aromatic heterocycles. The number of aromatic hydroxyl groups is 1. The average molecular weight is 389 g/mol. The molecule has 0 radical (unpaired) electrons. The summed E-state index contributed by atoms with van der Waals surface area (Å²) in [4.78, 5) is 10.7. The second kappa shape index (κ2) is 6.69. The normalized spacial score (nSPS) is 15.4. The van der Waals surface area contributed by atoms with E-state index < -0.39 is 10.8 Å². The van der Waals surface area contributed by atoms with Gasteiger partial charge in [0.05, 0.1) is 27.8 Å². The molecule has 1 aliphatic rings. The van der Waals surface area contributed by atoms with Crippen LogP contribution in [0, 0.1) is 28.4 Å². The third-order valence-corrected chi connectivity index (χ3v) is 4.77. The van der Waals surface area contributed by atoms with Gasteiger partial charge in [-0.15, -0.1) is 0 Å². The molecule has 4 rings (SSSR count). The van der Waals surface area contributed by atoms with Gasteiger partial charge >= 0.3 is 0 Å². The minimum absolute atomic E-state index is 0.0454. The number of nitriles is 1. The maximum atomic E-state index is 11.2. The highest BCUT2D eigenvalue weighted by atomic mass is 16.6. The Balaban J connectivity index is 2.00. The zero-order chi connectivity index (χ0) is 20.7. The maximum Gasteiger partial charge on any atom is 0.270 e. The Kier molecular flexibility index (Phi) is 4.16. The van der Waals surface area contributed by atoms with Crippen LogP contribution in [0.3, 0.4) is 0 Å². The number of aryl methyl sites for hydroxylation is 1. The lowest BCUT2D eigenvalue weighted by Crippen LogP contribution is -2.22. The summed E-state index contributed by atoms with van der Waals surface area (Å²) in [5, 5.41) is 35.9. The average Bonchev–Trinajstić information content (AvgIpc) is 3.04. The van der Waals surface area contributed by atoms with Crippen molar-refractivity contribution in [3.05, 3.63) is 86.9 Å². The van der Waals surface area contributed by atoms with E-state index in [9.17, 15) is 20.5 Å². The van der Waals surface area contributed by atoms with Gasteiger partial charge in [-0.3, -0.25) is 10.1 Å². The van der Waals surface area contributed by atoms with Crippen molar-refractivity contribution < 1.29 is 14.8 Å². The molecule has 0 amide bonds. The van der Waals surface area contributed by atoms with Crippen LogP contribution in [0.4, 0.5) is 5.69 Å². The van der Waals surface area contributed by atoms with Gasteiger partial charge in [-0.05, 0) is 25.1 Å². The number of ether oxygens (including phenoxy) is 1. The number of phenolic OH excluding ortho intramolecular Hbond substituents is 1. The van der Waals surface area contributed by atoms with Crippen LogP contribution in [-0.2, 0) is 0 Å². The first kappa shape index (κ1) is 18.1. The number of rotatable bonds is 3. The molecule has 0 spiro atoms. The molecule has 0 fully saturated rings. The van der Waals surface area contributed by atoms with Crippen molar-refractivity contribution in [2.75, 3.05) is 0 Å². The van der Waals surface area contributed by atoms with E-state index in [4.69, 9.17) is 10.5 Å². The van der Waals surface area contributed by atoms with Gasteiger partial charge in [0, 0.05) is 17.7 Å². The summed E-state index contributed by atoms with van der Waals surface area (Å²) in [5.74, 6) is -0.906. The number of nitro groups is 1. The number of nitrogens with two attached hydrogens (primary N) is 1. The van der Waals surface area contributed by atoms with E-state index in [1.807, 2.05) is 36.4 Å². The number of allylic oxidation sites excluding steroid dienone is 1. The Morgan fingerprint density at radius 1 is 1.31 bits per heavy atom. The van der Waals surface area contributed by atoms with Crippen molar-refractivity contribution in [3.8, 4) is 23.4 Å². The molecule has 2 aromatic carbocycles. The van der Waals surface area contributed by atoms with E-state index in [1.54, 1.807) is 11.6 Å². The van der Waals surface area contributed by atoms with Crippen molar-refractivity contribution in [3.63, 3.8) is 0 Å². The largest absolute Gasteiger partial charge is 0.508 e. The Bertz CT molecular complexity index is 1210. The molecular formula is C20H15N5O4. The third-order valence-electron chi connectivity index (χ3n) is 4.77. The van der Waals surface area contributed by atoms with E-state index in [2.05, 4.69) is 5.10 Å². The Labute approximate surface area is 165 Å². The molecule has 144 valence electrons. The van der Waals surface area contributed by atoms with E-state index in [0.29, 0.717) is 22.8 Å². The summed E-state index contributed by atoms with van der Waals surface area (Å²) >= 11 is 0. The van der Waals surface area contributed by atoms with E-state index in [1.165, 1.54) is 18.2 Å². The summed E-state index contributed by atoms with van der Waals surface area (Å²) in [7, 11) is 0. The molecule has 0 saturated carbocycles. The zero-order valence-electron chi connectivity index (χ0n) is 15.2. The van der Waals surface area contributed by atoms with Crippen molar-refractivity contribution in [2.24, 2.45) is 5.73 Å². The van der Waals surface area contributed by atoms with Crippen molar-refractivity contribution in [1.29, 1.82) is 5.26 Å². The van der Waals surface area contributed by atoms with Crippen LogP contribution in [0.1, 0.15) is 22.7 Å². The molecule has 3 N–H and O–H groups in total. The monoisotopic (exact) mass is 389 g/mol. The molecule has 9 nitrogen and oxygen atoms in total. The zero-order valence-corrected chi connectivity index (χ0v) is 15.2. The molecule has 29 heavy (non-hydrogen) atoms. The molecular weight excluding hydrogens is 374 g/mol. The number of nitrogens with zero attached hydrogens (tertiary/aromatic N) is 4. The summed E-state index contributed by atoms with van der Waals surface area (Å²) in [6.07, 6.45) is 0. The highest BCUT2D eigenvalue weighted by Gasteiger charge is 2.38. The van der Waals surface area contributed by atoms with Gasteiger partial charge < -0.3 is 15.6 Å². The summed E-state index contributed by atoms with van der Waals surface area (Å²) < 4.78 is 7.28. The summed E-state index contributed by atoms with van der Waals surface area (Å²) in [5.41, 5.74) is 7.79. The number of fused-ring (bicyclic) bond motifs is 1. The van der Waals surface area contributed by atoms with Crippen LogP contribution in [0.5, 0.6) is 11.6 Å². The smallest absolute Gasteiger partial charge is 0.270 e. The van der Waals surface area contributed by atoms with Gasteiger partial charge in [0.15, 0.2) is 0 Å². The van der Waals surface area contributed by atoms with Crippen molar-refractivity contribution in [2.45, 2.75) is 12.8 Å². The van der Waals surface area contributed by atoms with Crippen LogP contribution in [-0.4, -0.2) is 19.8 Å². The van der Waals surface area contributed by atoms with Gasteiger partial charge in [0.2, 0.25) is 11.8 Å². The molecule has 0 saturated heterocycles. The number of benzene rings is 2. The number of non-ortho nitro benzene ring substituents is 1. The van der Waals surface area contributed by atoms with Gasteiger partial charge in [0.25, 0.3) is 5.69 Å². The Morgan fingerprint density at radius 3 is 2.69 bits per heavy atom. The fourth-order valence-electron chi connectivity index (χ4n) is 3.46. The van der Waals surface area contributed by atoms with E-state index in [-0.39, 0.29) is 28.5 Å². The third kappa shape index (κ3) is 2.83. The molecule has 3 aromatic rings. The van der Waals surface area contributed by atoms with Gasteiger partial charge in [-0.25, -0.2) is 4.68 Å². The number of nitro benzene ring substituents is 1. The van der Waals surface area contributed by atoms with Crippen molar-refractivity contribution in [1.82, 2.24) is 9.78 Å². The SMILES string of the molecule is Cc1nn(-c2ccccc2)c2c1[C@@H](c1cc([N+](=O)[O-])ccc1O)C(C#N)=C(N)O2. The fraction of sp³-hybridized carbons (Fsp3) is 0.100. The summed E-state index contributed by atoms with van der Waals surface area (Å²) in [6.45, 7) is 1.74. The highest BCUT2D eigenvalue weighted by molar-refractivity contribution is 5.61. The van der Waals surface area contributed by atoms with Crippen LogP contribution in [0.2, 0.25) is 0 Å². The van der Waals surface area contributed by atoms with E-state index in [0.717, 1.165) is 0 Å². The number of para-hydroxylation sites is 1. The number of phenols is 1. The minimum atomic E-state index is -0.860. The number of hydrogen-bond acceptors (Lipinski definition) is 7. The molecule has 0 unspecified atom stereocenters. The van der Waals surface area contributed by atoms with Crippen molar-refractivity contribution >= 4 is 5.69 Å². The van der Waals surface area contributed by atoms with Gasteiger partial charge in [-0.2, -0.15) is 10.4 Å². The lowest BCUT2D eigenvalue weighted by Gasteiger charge is -2.25. The second-order valence-corrected chi connectivity index (χ2v) is 6.48. The fourth-order valence-corrected chi connectivity index (χ4v) is 3.46. The first-order valence-corrected chi connectivity index (χ1v) is 8.62. The van der Waals surface area contributed by atoms with Gasteiger partial charge in [-0.1, -0.05) is 18.2 Å². The van der Waals surface area contributed by atoms with E-state index >= 15 is 0 Å². The van der Waals surface area contributed by atoms with Crippen LogP contribution in [0.25, 0.3) is 5.69 Å². The van der Waals surface area contributed by atoms with Gasteiger partial charge in [0.1, 0.15) is 17.4 Å². The molecule has 2 heterocycles. The topological polar surface area (TPSA) is 140 Å². The highest BCUT2D eigenvalue weighted by Crippen LogP contribution is 2.47. The predicted octanol–water partition coefficient (Wildman–Crippen LogP) is 3.01. The van der Waals surface area contributed by atoms with Crippen LogP contribution in [0.15, 0.2) is 60.0 Å². The Hall–Kier alpha value is -4.32. The predicted molar refractivity (Wildman–Crippen MR) is 102 cm³/mol. The molecule has 0 bridgehead atoms. The minimum Gasteiger partial charge on any atom is -0.508 e. The molecule has 9 heteroatoms. The first-order valence-electron chi connectivity index (χ1n) is 8.62. The number of hydrogen-bond donors (Lipinski definition) is 2. The molecule has 0 aliphatic carbocycles. The molecule has 1 aliphatic heterocycles. The lowest BCUT2D eigenvalue weighted by atomic mass is 9.83. The van der Waals surface area contributed by atoms with Crippen LogP contribution < -0.4 is 10.5 Å². The standard InChI is InChI=1S/C20H15N5O4/c1-11-17-18(14-9-13(25(27)28)7-8-16(14)26)15(10-21)19(22)29-20(17)24(23-11)12-5-3-2-4-6-12/h2-9,18,26H,22H2,1H3/t18-/m0/s1. The maximum absolute atomic E-state index is 11.2. The van der Waals surface area contributed by atoms with Crippen LogP contribution >= 0.6 is 0 Å². The number of aromatic nitrogens is 2. The lowest BCUT2D eigenvalue weighted by molar-refractivity contribution is -0.384. The second-order valence-electron chi connectivity index (χ2n) is 6.48. The quantitative estimate of drug-likeness (QED) is 0.518. The first-order chi connectivity index (χ1) is 13.9. The summed E-state index contributed by atoms with van der Waals surface area (Å²) in [6, 6.07) is 14.9. The Morgan fingerprint density at radius 2 is 2.03 bits per heavy atom. The molecule has 1 atom stereocenters.